The number of fused-ring (bicyclic) bond motifs is 3. The highest BCUT2D eigenvalue weighted by molar-refractivity contribution is 6.31. The number of amides is 1. The van der Waals surface area contributed by atoms with Crippen LogP contribution in [0.3, 0.4) is 0 Å². The lowest BCUT2D eigenvalue weighted by molar-refractivity contribution is -0.123. The van der Waals surface area contributed by atoms with Gasteiger partial charge in [-0.2, -0.15) is 0 Å². The molecule has 0 bridgehead atoms. The van der Waals surface area contributed by atoms with Gasteiger partial charge in [-0.25, -0.2) is 0 Å². The predicted octanol–water partition coefficient (Wildman–Crippen LogP) is 3.47. The fraction of sp³-hybridized carbons (Fsp3) is 0.355. The van der Waals surface area contributed by atoms with E-state index in [1.165, 1.54) is 26.8 Å². The van der Waals surface area contributed by atoms with Gasteiger partial charge in [-0.1, -0.05) is 0 Å². The van der Waals surface area contributed by atoms with Gasteiger partial charge in [-0.3, -0.25) is 19.2 Å². The molecule has 0 spiro atoms. The first-order chi connectivity index (χ1) is 19.4. The number of nitrogens with zero attached hydrogens (tertiary/aromatic N) is 1. The molecular weight excluding hydrogens is 528 g/mol. The fourth-order valence-corrected chi connectivity index (χ4v) is 5.88. The first-order valence-corrected chi connectivity index (χ1v) is 13.4. The molecule has 1 aliphatic carbocycles. The van der Waals surface area contributed by atoms with Crippen LogP contribution in [0.25, 0.3) is 0 Å². The first-order valence-electron chi connectivity index (χ1n) is 13.4. The fourth-order valence-electron chi connectivity index (χ4n) is 5.88. The van der Waals surface area contributed by atoms with Crippen LogP contribution >= 0.6 is 0 Å². The van der Waals surface area contributed by atoms with Crippen molar-refractivity contribution in [1.82, 2.24) is 10.2 Å². The molecule has 214 valence electrons. The molecule has 2 aliphatic heterocycles. The smallest absolute Gasteiger partial charge is 0.253 e. The lowest BCUT2D eigenvalue weighted by atomic mass is 9.70. The number of hydrogen-bond donors (Lipinski definition) is 3. The summed E-state index contributed by atoms with van der Waals surface area (Å²) in [6.45, 7) is 6.88. The van der Waals surface area contributed by atoms with E-state index < -0.39 is 28.5 Å². The van der Waals surface area contributed by atoms with Crippen molar-refractivity contribution in [2.45, 2.75) is 52.0 Å². The van der Waals surface area contributed by atoms with E-state index in [0.29, 0.717) is 42.9 Å². The van der Waals surface area contributed by atoms with Crippen molar-refractivity contribution >= 4 is 23.3 Å². The Kier molecular flexibility index (Phi) is 6.89. The summed E-state index contributed by atoms with van der Waals surface area (Å²) >= 11 is 0. The lowest BCUT2D eigenvalue weighted by Gasteiger charge is -2.34. The van der Waals surface area contributed by atoms with E-state index in [-0.39, 0.29) is 51.5 Å². The van der Waals surface area contributed by atoms with Gasteiger partial charge in [-0.15, -0.1) is 0 Å². The third-order valence-corrected chi connectivity index (χ3v) is 8.30. The number of methoxy groups -OCH3 is 1. The second kappa shape index (κ2) is 10.1. The number of likely N-dealkylation sites (tertiary alicyclic amines) is 1. The maximum Gasteiger partial charge on any atom is 0.253 e. The van der Waals surface area contributed by atoms with Gasteiger partial charge < -0.3 is 29.9 Å². The molecule has 10 nitrogen and oxygen atoms in total. The maximum absolute atomic E-state index is 14.0. The molecule has 1 fully saturated rings. The van der Waals surface area contributed by atoms with Crippen LogP contribution in [0, 0.1) is 6.92 Å². The summed E-state index contributed by atoms with van der Waals surface area (Å²) in [5.41, 5.74) is -0.737. The third kappa shape index (κ3) is 4.34. The van der Waals surface area contributed by atoms with E-state index >= 15 is 0 Å². The zero-order valence-corrected chi connectivity index (χ0v) is 23.6. The van der Waals surface area contributed by atoms with Gasteiger partial charge in [0.1, 0.15) is 39.7 Å². The monoisotopic (exact) mass is 560 g/mol. The summed E-state index contributed by atoms with van der Waals surface area (Å²) in [6, 6.07) is 6.87. The van der Waals surface area contributed by atoms with Crippen LogP contribution in [0.4, 0.5) is 0 Å². The molecule has 3 aliphatic rings. The zero-order valence-electron chi connectivity index (χ0n) is 23.6. The molecule has 2 heterocycles. The number of phenolic OH excluding ortho intramolecular Hbond substituents is 2. The minimum atomic E-state index is -1.57. The van der Waals surface area contributed by atoms with E-state index in [4.69, 9.17) is 9.47 Å². The summed E-state index contributed by atoms with van der Waals surface area (Å²) in [7, 11) is 1.57. The number of allylic oxidation sites excluding steroid dienone is 4. The Morgan fingerprint density at radius 3 is 2.29 bits per heavy atom. The number of piperidine rings is 1. The molecule has 0 unspecified atom stereocenters. The Labute approximate surface area is 237 Å². The van der Waals surface area contributed by atoms with Crippen molar-refractivity contribution in [2.75, 3.05) is 20.2 Å². The third-order valence-electron chi connectivity index (χ3n) is 8.30. The number of carbonyl (C=O) groups is 4. The van der Waals surface area contributed by atoms with Gasteiger partial charge >= 0.3 is 0 Å². The minimum absolute atomic E-state index is 0.00722. The van der Waals surface area contributed by atoms with Crippen molar-refractivity contribution < 1.29 is 38.9 Å². The number of rotatable bonds is 5. The van der Waals surface area contributed by atoms with Crippen LogP contribution in [-0.4, -0.2) is 64.6 Å². The number of aromatic hydroxyl groups is 2. The summed E-state index contributed by atoms with van der Waals surface area (Å²) in [4.78, 5) is 54.3. The molecule has 5 rings (SSSR count). The summed E-state index contributed by atoms with van der Waals surface area (Å²) in [5.74, 6) is -1.96. The number of carbonyl (C=O) groups excluding carboxylic acids is 4. The topological polar surface area (TPSA) is 142 Å². The average Bonchev–Trinajstić information content (AvgIpc) is 3.24. The highest BCUT2D eigenvalue weighted by Gasteiger charge is 2.56. The first kappa shape index (κ1) is 27.9. The zero-order chi connectivity index (χ0) is 29.8. The van der Waals surface area contributed by atoms with Gasteiger partial charge in [0.2, 0.25) is 0 Å². The van der Waals surface area contributed by atoms with Crippen LogP contribution < -0.4 is 14.8 Å². The van der Waals surface area contributed by atoms with Crippen LogP contribution in [-0.2, 0) is 15.0 Å². The number of phenols is 2. The Morgan fingerprint density at radius 2 is 1.71 bits per heavy atom. The maximum atomic E-state index is 14.0. The molecule has 1 saturated heterocycles. The molecule has 41 heavy (non-hydrogen) atoms. The van der Waals surface area contributed by atoms with E-state index in [2.05, 4.69) is 5.32 Å². The highest BCUT2D eigenvalue weighted by atomic mass is 16.5. The molecule has 0 aromatic heterocycles. The molecular formula is C31H32N2O8. The number of ketones is 3. The van der Waals surface area contributed by atoms with Crippen molar-refractivity contribution in [1.29, 1.82) is 0 Å². The van der Waals surface area contributed by atoms with E-state index in [1.807, 2.05) is 0 Å². The summed E-state index contributed by atoms with van der Waals surface area (Å²) in [5, 5.41) is 24.8. The molecule has 0 saturated carbocycles. The molecule has 1 amide bonds. The van der Waals surface area contributed by atoms with Crippen molar-refractivity contribution in [2.24, 2.45) is 0 Å². The molecule has 1 atom stereocenters. The number of nitrogens with one attached hydrogen (secondary N) is 1. The van der Waals surface area contributed by atoms with E-state index in [0.717, 1.165) is 0 Å². The van der Waals surface area contributed by atoms with Crippen molar-refractivity contribution in [3.05, 3.63) is 69.6 Å². The van der Waals surface area contributed by atoms with Gasteiger partial charge in [0.25, 0.3) is 5.91 Å². The Morgan fingerprint density at radius 1 is 1.07 bits per heavy atom. The quantitative estimate of drug-likeness (QED) is 0.285. The molecule has 10 heteroatoms. The van der Waals surface area contributed by atoms with Gasteiger partial charge in [0.15, 0.2) is 17.3 Å². The van der Waals surface area contributed by atoms with Crippen LogP contribution in [0.2, 0.25) is 0 Å². The largest absolute Gasteiger partial charge is 0.507 e. The normalized spacial score (nSPS) is 21.5. The van der Waals surface area contributed by atoms with Gasteiger partial charge in [0, 0.05) is 42.0 Å². The SMILES string of the molecule is COc1ccc(C(=O)N2CCC(NC(C)=C3C(=O)C=C4Oc5c(C(C)=O)c(O)c(C)c(O)c5[C@@]4(C)C3=O)CC2)cc1. The van der Waals surface area contributed by atoms with Crippen molar-refractivity contribution in [3.8, 4) is 23.0 Å². The summed E-state index contributed by atoms with van der Waals surface area (Å²) in [6.07, 6.45) is 2.43. The highest BCUT2D eigenvalue weighted by Crippen LogP contribution is 2.57. The Balaban J connectivity index is 1.38. The number of ether oxygens (including phenoxy) is 2. The Bertz CT molecular complexity index is 1560. The van der Waals surface area contributed by atoms with Crippen LogP contribution in [0.1, 0.15) is 65.5 Å². The molecule has 2 aromatic rings. The standard InChI is InChI=1S/C31H32N2O8/c1-15-26(36)24(17(3)34)28-25(27(15)37)31(4)22(41-28)14-21(35)23(29(31)38)16(2)32-19-10-12-33(13-11-19)30(39)18-6-8-20(40-5)9-7-18/h6-9,14,19,32,36-37H,10-13H2,1-5H3/t31-/m0/s1. The van der Waals surface area contributed by atoms with Gasteiger partial charge in [0.05, 0.1) is 18.2 Å². The predicted molar refractivity (Wildman–Crippen MR) is 148 cm³/mol. The average molecular weight is 561 g/mol. The second-order valence-corrected chi connectivity index (χ2v) is 10.8. The molecule has 2 aromatic carbocycles. The van der Waals surface area contributed by atoms with E-state index in [9.17, 15) is 29.4 Å². The molecule has 0 radical (unpaired) electrons. The van der Waals surface area contributed by atoms with Crippen molar-refractivity contribution in [3.63, 3.8) is 0 Å². The van der Waals surface area contributed by atoms with E-state index in [1.54, 1.807) is 43.2 Å². The number of hydrogen-bond acceptors (Lipinski definition) is 9. The molecule has 3 N–H and O–H groups in total. The van der Waals surface area contributed by atoms with Crippen LogP contribution in [0.15, 0.2) is 47.4 Å². The minimum Gasteiger partial charge on any atom is -0.507 e. The second-order valence-electron chi connectivity index (χ2n) is 10.8. The Hall–Kier alpha value is -4.60. The number of benzene rings is 2. The lowest BCUT2D eigenvalue weighted by Crippen LogP contribution is -2.46. The van der Waals surface area contributed by atoms with Crippen LogP contribution in [0.5, 0.6) is 23.0 Å². The van der Waals surface area contributed by atoms with Gasteiger partial charge in [-0.05, 0) is 64.8 Å². The summed E-state index contributed by atoms with van der Waals surface area (Å²) < 4.78 is 11.0. The number of Topliss-reactive ketones (excluding diaryl/α,β-unsaturated/α-hetero) is 2.